The third kappa shape index (κ3) is 2.96. The molecule has 0 saturated carbocycles. The molecule has 0 bridgehead atoms. The molecule has 1 heterocycles. The SMILES string of the molecule is O=C(O)c1ccc(C(=O)O)c(C2c3cc(F)c(O)cc3Oc3cc(O)c(F)cc32)c1. The van der Waals surface area contributed by atoms with Gasteiger partial charge in [-0.2, -0.15) is 0 Å². The molecule has 3 aromatic rings. The van der Waals surface area contributed by atoms with Crippen LogP contribution in [0.1, 0.15) is 43.3 Å². The minimum atomic E-state index is -1.38. The Morgan fingerprint density at radius 1 is 0.767 bits per heavy atom. The van der Waals surface area contributed by atoms with Crippen LogP contribution in [-0.2, 0) is 0 Å². The minimum Gasteiger partial charge on any atom is -0.505 e. The second kappa shape index (κ2) is 6.73. The highest BCUT2D eigenvalue weighted by Crippen LogP contribution is 2.50. The lowest BCUT2D eigenvalue weighted by molar-refractivity contribution is 0.0680. The summed E-state index contributed by atoms with van der Waals surface area (Å²) in [5, 5.41) is 38.3. The number of benzene rings is 3. The van der Waals surface area contributed by atoms with Crippen LogP contribution < -0.4 is 4.74 Å². The zero-order valence-electron chi connectivity index (χ0n) is 14.9. The number of phenolic OH excluding ortho intramolecular Hbond substituents is 2. The molecule has 152 valence electrons. The molecule has 0 unspecified atom stereocenters. The molecule has 30 heavy (non-hydrogen) atoms. The lowest BCUT2D eigenvalue weighted by Gasteiger charge is -2.30. The normalized spacial score (nSPS) is 12.6. The van der Waals surface area contributed by atoms with Crippen LogP contribution in [0.4, 0.5) is 8.78 Å². The van der Waals surface area contributed by atoms with E-state index < -0.39 is 41.0 Å². The van der Waals surface area contributed by atoms with Crippen LogP contribution in [-0.4, -0.2) is 32.4 Å². The van der Waals surface area contributed by atoms with Crippen LogP contribution in [0.15, 0.2) is 42.5 Å². The van der Waals surface area contributed by atoms with Crippen molar-refractivity contribution in [1.29, 1.82) is 0 Å². The molecule has 4 rings (SSSR count). The summed E-state index contributed by atoms with van der Waals surface area (Å²) in [6.07, 6.45) is 0. The summed E-state index contributed by atoms with van der Waals surface area (Å²) in [5.41, 5.74) is -0.474. The molecule has 0 spiro atoms. The van der Waals surface area contributed by atoms with Crippen molar-refractivity contribution in [2.45, 2.75) is 5.92 Å². The molecule has 0 radical (unpaired) electrons. The van der Waals surface area contributed by atoms with Gasteiger partial charge in [-0.15, -0.1) is 0 Å². The number of aromatic hydroxyl groups is 2. The molecule has 0 saturated heterocycles. The maximum atomic E-state index is 14.2. The predicted molar refractivity (Wildman–Crippen MR) is 97.5 cm³/mol. The molecule has 0 aliphatic carbocycles. The molecule has 0 fully saturated rings. The molecule has 4 N–H and O–H groups in total. The van der Waals surface area contributed by atoms with Gasteiger partial charge in [-0.3, -0.25) is 0 Å². The third-order valence-electron chi connectivity index (χ3n) is 4.84. The Kier molecular flexibility index (Phi) is 4.30. The molecular weight excluding hydrogens is 402 g/mol. The van der Waals surface area contributed by atoms with Gasteiger partial charge in [0.05, 0.1) is 11.1 Å². The van der Waals surface area contributed by atoms with Crippen LogP contribution in [0.25, 0.3) is 0 Å². The van der Waals surface area contributed by atoms with Crippen molar-refractivity contribution >= 4 is 11.9 Å². The minimum absolute atomic E-state index is 0.0490. The van der Waals surface area contributed by atoms with Crippen LogP contribution in [0.3, 0.4) is 0 Å². The summed E-state index contributed by atoms with van der Waals surface area (Å²) >= 11 is 0. The maximum Gasteiger partial charge on any atom is 0.335 e. The van der Waals surface area contributed by atoms with Crippen molar-refractivity contribution in [3.8, 4) is 23.0 Å². The van der Waals surface area contributed by atoms with E-state index in [4.69, 9.17) is 4.74 Å². The average Bonchev–Trinajstić information content (AvgIpc) is 2.68. The number of aromatic carboxylic acids is 2. The van der Waals surface area contributed by atoms with E-state index in [1.807, 2.05) is 0 Å². The molecule has 1 aliphatic rings. The first-order valence-corrected chi connectivity index (χ1v) is 8.50. The number of carbonyl (C=O) groups is 2. The van der Waals surface area contributed by atoms with Crippen LogP contribution in [0, 0.1) is 11.6 Å². The summed E-state index contributed by atoms with van der Waals surface area (Å²) < 4.78 is 33.9. The monoisotopic (exact) mass is 414 g/mol. The molecule has 0 atom stereocenters. The van der Waals surface area contributed by atoms with Crippen LogP contribution in [0.5, 0.6) is 23.0 Å². The number of hydrogen-bond donors (Lipinski definition) is 4. The van der Waals surface area contributed by atoms with Crippen LogP contribution >= 0.6 is 0 Å². The van der Waals surface area contributed by atoms with Gasteiger partial charge in [-0.1, -0.05) is 0 Å². The van der Waals surface area contributed by atoms with E-state index in [0.717, 1.165) is 42.5 Å². The zero-order chi connectivity index (χ0) is 21.7. The fraction of sp³-hybridized carbons (Fsp3) is 0.0476. The summed E-state index contributed by atoms with van der Waals surface area (Å²) in [7, 11) is 0. The van der Waals surface area contributed by atoms with Gasteiger partial charge in [0, 0.05) is 29.2 Å². The zero-order valence-corrected chi connectivity index (χ0v) is 14.9. The first kappa shape index (κ1) is 19.2. The van der Waals surface area contributed by atoms with Gasteiger partial charge in [0.1, 0.15) is 11.5 Å². The van der Waals surface area contributed by atoms with Gasteiger partial charge in [0.15, 0.2) is 23.1 Å². The molecule has 3 aromatic carbocycles. The lowest BCUT2D eigenvalue weighted by Crippen LogP contribution is -2.17. The third-order valence-corrected chi connectivity index (χ3v) is 4.84. The number of rotatable bonds is 3. The fourth-order valence-electron chi connectivity index (χ4n) is 3.49. The summed E-state index contributed by atoms with van der Waals surface area (Å²) in [6, 6.07) is 7.02. The van der Waals surface area contributed by atoms with Crippen molar-refractivity contribution in [2.24, 2.45) is 0 Å². The maximum absolute atomic E-state index is 14.2. The van der Waals surface area contributed by atoms with E-state index in [9.17, 15) is 38.8 Å². The van der Waals surface area contributed by atoms with E-state index in [0.29, 0.717) is 0 Å². The molecule has 1 aliphatic heterocycles. The Bertz CT molecular complexity index is 1180. The van der Waals surface area contributed by atoms with Gasteiger partial charge in [-0.25, -0.2) is 18.4 Å². The number of carboxylic acid groups (broad SMARTS) is 2. The summed E-state index contributed by atoms with van der Waals surface area (Å²) in [4.78, 5) is 23.3. The quantitative estimate of drug-likeness (QED) is 0.399. The van der Waals surface area contributed by atoms with Crippen molar-refractivity contribution in [1.82, 2.24) is 0 Å². The topological polar surface area (TPSA) is 124 Å². The lowest BCUT2D eigenvalue weighted by atomic mass is 9.80. The van der Waals surface area contributed by atoms with E-state index in [1.54, 1.807) is 0 Å². The Hall–Kier alpha value is -4.14. The van der Waals surface area contributed by atoms with Crippen LogP contribution in [0.2, 0.25) is 0 Å². The Labute approximate surface area is 167 Å². The standard InChI is InChI=1S/C21H12F2O7/c22-13-4-11-17(6-15(13)24)30-18-7-16(25)14(23)5-12(18)19(11)10-3-8(20(26)27)1-2-9(10)21(28)29/h1-7,19,24-25H,(H,26,27)(H,28,29). The largest absolute Gasteiger partial charge is 0.505 e. The molecule has 7 nitrogen and oxygen atoms in total. The number of fused-ring (bicyclic) bond motifs is 2. The van der Waals surface area contributed by atoms with Crippen molar-refractivity contribution in [2.75, 3.05) is 0 Å². The Morgan fingerprint density at radius 3 is 1.77 bits per heavy atom. The predicted octanol–water partition coefficient (Wildman–Crippen LogP) is 4.06. The second-order valence-corrected chi connectivity index (χ2v) is 6.63. The van der Waals surface area contributed by atoms with Crippen molar-refractivity contribution < 1.29 is 43.5 Å². The number of hydrogen-bond acceptors (Lipinski definition) is 5. The number of phenols is 2. The molecule has 9 heteroatoms. The first-order chi connectivity index (χ1) is 14.2. The Morgan fingerprint density at radius 2 is 1.30 bits per heavy atom. The number of carboxylic acids is 2. The van der Waals surface area contributed by atoms with E-state index in [-0.39, 0.29) is 39.3 Å². The fourth-order valence-corrected chi connectivity index (χ4v) is 3.49. The van der Waals surface area contributed by atoms with E-state index >= 15 is 0 Å². The number of halogens is 2. The van der Waals surface area contributed by atoms with Crippen molar-refractivity contribution in [3.63, 3.8) is 0 Å². The summed E-state index contributed by atoms with van der Waals surface area (Å²) in [6.45, 7) is 0. The highest BCUT2D eigenvalue weighted by molar-refractivity contribution is 5.94. The van der Waals surface area contributed by atoms with Crippen molar-refractivity contribution in [3.05, 3.63) is 81.9 Å². The van der Waals surface area contributed by atoms with E-state index in [2.05, 4.69) is 0 Å². The molecular formula is C21H12F2O7. The first-order valence-electron chi connectivity index (χ1n) is 8.50. The highest BCUT2D eigenvalue weighted by atomic mass is 19.1. The second-order valence-electron chi connectivity index (χ2n) is 6.63. The van der Waals surface area contributed by atoms with Gasteiger partial charge < -0.3 is 25.2 Å². The highest BCUT2D eigenvalue weighted by Gasteiger charge is 2.34. The van der Waals surface area contributed by atoms with Gasteiger partial charge in [0.2, 0.25) is 0 Å². The Balaban J connectivity index is 2.09. The molecule has 0 amide bonds. The number of ether oxygens (including phenoxy) is 1. The van der Waals surface area contributed by atoms with Gasteiger partial charge >= 0.3 is 11.9 Å². The van der Waals surface area contributed by atoms with Gasteiger partial charge in [0.25, 0.3) is 0 Å². The van der Waals surface area contributed by atoms with Gasteiger partial charge in [-0.05, 0) is 35.9 Å². The molecule has 0 aromatic heterocycles. The summed E-state index contributed by atoms with van der Waals surface area (Å²) in [5.74, 6) is -7.51. The smallest absolute Gasteiger partial charge is 0.335 e. The van der Waals surface area contributed by atoms with E-state index in [1.165, 1.54) is 0 Å². The average molecular weight is 414 g/mol.